The fraction of sp³-hybridized carbons (Fsp3) is 0.526. The number of nitrogens with one attached hydrogen (secondary N) is 1. The molecule has 24 heavy (non-hydrogen) atoms. The molecule has 1 aliphatic heterocycles. The van der Waals surface area contributed by atoms with Crippen LogP contribution in [0, 0.1) is 5.92 Å². The normalized spacial score (nSPS) is 19.4. The van der Waals surface area contributed by atoms with Crippen LogP contribution in [0.3, 0.4) is 0 Å². The molecule has 1 unspecified atom stereocenters. The van der Waals surface area contributed by atoms with Crippen LogP contribution in [0.5, 0.6) is 11.5 Å². The van der Waals surface area contributed by atoms with E-state index in [1.54, 1.807) is 0 Å². The standard InChI is InChI=1S/C19H27NO3Si/c1-24(2,3)18-15(9-10-16-17(18)23-13-22-16)19(21)20-12-11-14-7-5-4-6-8-14/h5,7,9-10,14H,4,6,8,11-13H2,1-3H3,(H,20,21). The largest absolute Gasteiger partial charge is 0.454 e. The van der Waals surface area contributed by atoms with E-state index in [2.05, 4.69) is 37.1 Å². The summed E-state index contributed by atoms with van der Waals surface area (Å²) >= 11 is 0. The highest BCUT2D eigenvalue weighted by Crippen LogP contribution is 2.33. The van der Waals surface area contributed by atoms with E-state index in [-0.39, 0.29) is 12.7 Å². The van der Waals surface area contributed by atoms with Crippen LogP contribution in [0.1, 0.15) is 36.0 Å². The molecular weight excluding hydrogens is 318 g/mol. The molecule has 0 radical (unpaired) electrons. The van der Waals surface area contributed by atoms with Crippen LogP contribution in [0.4, 0.5) is 0 Å². The number of amides is 1. The first kappa shape index (κ1) is 17.1. The van der Waals surface area contributed by atoms with Crippen LogP contribution in [0.25, 0.3) is 0 Å². The Balaban J connectivity index is 1.72. The average Bonchev–Trinajstić information content (AvgIpc) is 3.02. The zero-order valence-electron chi connectivity index (χ0n) is 14.9. The van der Waals surface area contributed by atoms with Gasteiger partial charge in [-0.15, -0.1) is 0 Å². The van der Waals surface area contributed by atoms with Crippen LogP contribution in [-0.2, 0) is 0 Å². The number of carbonyl (C=O) groups excluding carboxylic acids is 1. The number of hydrogen-bond acceptors (Lipinski definition) is 3. The second-order valence-corrected chi connectivity index (χ2v) is 12.6. The number of benzene rings is 1. The molecule has 1 aromatic rings. The van der Waals surface area contributed by atoms with Gasteiger partial charge in [0.2, 0.25) is 6.79 Å². The van der Waals surface area contributed by atoms with Crippen LogP contribution in [0.2, 0.25) is 19.6 Å². The third kappa shape index (κ3) is 3.66. The Bertz CT molecular complexity index is 649. The molecule has 1 N–H and O–H groups in total. The van der Waals surface area contributed by atoms with E-state index in [9.17, 15) is 4.79 Å². The van der Waals surface area contributed by atoms with Gasteiger partial charge in [0.05, 0.1) is 8.07 Å². The molecule has 0 aromatic heterocycles. The van der Waals surface area contributed by atoms with Crippen molar-refractivity contribution in [2.45, 2.75) is 45.3 Å². The van der Waals surface area contributed by atoms with Crippen molar-refractivity contribution >= 4 is 19.2 Å². The molecule has 0 bridgehead atoms. The first-order valence-electron chi connectivity index (χ1n) is 8.85. The summed E-state index contributed by atoms with van der Waals surface area (Å²) in [6.45, 7) is 7.65. The minimum Gasteiger partial charge on any atom is -0.454 e. The lowest BCUT2D eigenvalue weighted by atomic mass is 9.93. The van der Waals surface area contributed by atoms with Crippen molar-refractivity contribution in [1.82, 2.24) is 5.32 Å². The minimum atomic E-state index is -1.75. The molecule has 5 heteroatoms. The Morgan fingerprint density at radius 3 is 2.83 bits per heavy atom. The van der Waals surface area contributed by atoms with Crippen molar-refractivity contribution in [3.63, 3.8) is 0 Å². The summed E-state index contributed by atoms with van der Waals surface area (Å²) in [5.74, 6) is 2.14. The Kier molecular flexibility index (Phi) is 4.99. The maximum atomic E-state index is 12.8. The maximum absolute atomic E-state index is 12.8. The van der Waals surface area contributed by atoms with Crippen LogP contribution >= 0.6 is 0 Å². The van der Waals surface area contributed by atoms with E-state index >= 15 is 0 Å². The molecule has 2 aliphatic rings. The number of rotatable bonds is 5. The van der Waals surface area contributed by atoms with Crippen molar-refractivity contribution in [1.29, 1.82) is 0 Å². The molecule has 0 saturated heterocycles. The predicted octanol–water partition coefficient (Wildman–Crippen LogP) is 3.44. The van der Waals surface area contributed by atoms with Gasteiger partial charge < -0.3 is 14.8 Å². The molecule has 0 fully saturated rings. The van der Waals surface area contributed by atoms with Gasteiger partial charge in [-0.25, -0.2) is 0 Å². The molecule has 0 saturated carbocycles. The van der Waals surface area contributed by atoms with E-state index in [1.807, 2.05) is 12.1 Å². The lowest BCUT2D eigenvalue weighted by Crippen LogP contribution is -2.44. The van der Waals surface area contributed by atoms with E-state index in [4.69, 9.17) is 9.47 Å². The Hall–Kier alpha value is -1.75. The third-order valence-electron chi connectivity index (χ3n) is 4.69. The Morgan fingerprint density at radius 2 is 2.12 bits per heavy atom. The van der Waals surface area contributed by atoms with Crippen LogP contribution < -0.4 is 20.0 Å². The summed E-state index contributed by atoms with van der Waals surface area (Å²) in [4.78, 5) is 12.8. The Labute approximate surface area is 145 Å². The molecule has 3 rings (SSSR count). The van der Waals surface area contributed by atoms with E-state index < -0.39 is 8.07 Å². The molecule has 1 aliphatic carbocycles. The highest BCUT2D eigenvalue weighted by Gasteiger charge is 2.32. The summed E-state index contributed by atoms with van der Waals surface area (Å²) in [6, 6.07) is 3.74. The lowest BCUT2D eigenvalue weighted by molar-refractivity contribution is 0.0952. The molecule has 1 amide bonds. The molecule has 0 spiro atoms. The van der Waals surface area contributed by atoms with Gasteiger partial charge in [-0.2, -0.15) is 0 Å². The monoisotopic (exact) mass is 345 g/mol. The van der Waals surface area contributed by atoms with Crippen molar-refractivity contribution in [3.8, 4) is 11.5 Å². The molecule has 130 valence electrons. The van der Waals surface area contributed by atoms with Gasteiger partial charge in [-0.3, -0.25) is 4.79 Å². The fourth-order valence-electron chi connectivity index (χ4n) is 3.50. The smallest absolute Gasteiger partial charge is 0.251 e. The molecule has 4 nitrogen and oxygen atoms in total. The van der Waals surface area contributed by atoms with Crippen molar-refractivity contribution in [2.75, 3.05) is 13.3 Å². The predicted molar refractivity (Wildman–Crippen MR) is 99.0 cm³/mol. The van der Waals surface area contributed by atoms with Crippen molar-refractivity contribution in [2.24, 2.45) is 5.92 Å². The summed E-state index contributed by atoms with van der Waals surface area (Å²) < 4.78 is 11.2. The summed E-state index contributed by atoms with van der Waals surface area (Å²) in [5, 5.41) is 4.17. The van der Waals surface area contributed by atoms with Gasteiger partial charge >= 0.3 is 0 Å². The number of carbonyl (C=O) groups is 1. The quantitative estimate of drug-likeness (QED) is 0.657. The SMILES string of the molecule is C[Si](C)(C)c1c(C(=O)NCCC2C=CCCC2)ccc2c1OCO2. The molecule has 1 heterocycles. The van der Waals surface area contributed by atoms with Gasteiger partial charge in [0.15, 0.2) is 11.5 Å². The van der Waals surface area contributed by atoms with Gasteiger partial charge in [-0.05, 0) is 48.9 Å². The zero-order valence-corrected chi connectivity index (χ0v) is 15.9. The zero-order chi connectivity index (χ0) is 17.2. The van der Waals surface area contributed by atoms with Crippen LogP contribution in [-0.4, -0.2) is 27.3 Å². The number of hydrogen-bond donors (Lipinski definition) is 1. The van der Waals surface area contributed by atoms with Gasteiger partial charge in [0.25, 0.3) is 5.91 Å². The topological polar surface area (TPSA) is 47.6 Å². The molecule has 1 aromatic carbocycles. The lowest BCUT2D eigenvalue weighted by Gasteiger charge is -2.23. The van der Waals surface area contributed by atoms with Crippen LogP contribution in [0.15, 0.2) is 24.3 Å². The first-order chi connectivity index (χ1) is 11.5. The van der Waals surface area contributed by atoms with Crippen molar-refractivity contribution < 1.29 is 14.3 Å². The summed E-state index contributed by atoms with van der Waals surface area (Å²) in [7, 11) is -1.75. The molecular formula is C19H27NO3Si. The fourth-order valence-corrected chi connectivity index (χ4v) is 5.38. The van der Waals surface area contributed by atoms with E-state index in [0.717, 1.165) is 28.7 Å². The van der Waals surface area contributed by atoms with E-state index in [0.29, 0.717) is 12.5 Å². The van der Waals surface area contributed by atoms with E-state index in [1.165, 1.54) is 19.3 Å². The third-order valence-corrected chi connectivity index (χ3v) is 6.68. The highest BCUT2D eigenvalue weighted by atomic mass is 28.3. The van der Waals surface area contributed by atoms with Gasteiger partial charge in [0.1, 0.15) is 0 Å². The number of ether oxygens (including phenoxy) is 2. The second-order valence-electron chi connectivity index (χ2n) is 7.64. The number of allylic oxidation sites excluding steroid dienone is 2. The summed E-state index contributed by atoms with van der Waals surface area (Å²) in [5.41, 5.74) is 0.748. The highest BCUT2D eigenvalue weighted by molar-refractivity contribution is 6.90. The minimum absolute atomic E-state index is 0.00511. The average molecular weight is 346 g/mol. The van der Waals surface area contributed by atoms with Crippen molar-refractivity contribution in [3.05, 3.63) is 29.8 Å². The first-order valence-corrected chi connectivity index (χ1v) is 12.3. The van der Waals surface area contributed by atoms with Gasteiger partial charge in [-0.1, -0.05) is 31.8 Å². The summed E-state index contributed by atoms with van der Waals surface area (Å²) in [6.07, 6.45) is 9.25. The number of fused-ring (bicyclic) bond motifs is 1. The van der Waals surface area contributed by atoms with Gasteiger partial charge in [0, 0.05) is 12.1 Å². The maximum Gasteiger partial charge on any atom is 0.251 e. The second kappa shape index (κ2) is 7.01. The molecule has 1 atom stereocenters. The Morgan fingerprint density at radius 1 is 1.29 bits per heavy atom.